The molecule has 0 bridgehead atoms. The minimum Gasteiger partial charge on any atom is -0.349 e. The van der Waals surface area contributed by atoms with Crippen molar-refractivity contribution in [2.24, 2.45) is 0 Å². The third kappa shape index (κ3) is 4.42. The number of unbranched alkanes of at least 4 members (excludes halogenated alkanes) is 1. The van der Waals surface area contributed by atoms with Crippen molar-refractivity contribution in [3.63, 3.8) is 0 Å². The standard InChI is InChI=1S/C24H33NSi2/c1-5-6-14-21-15-13-20-24(21)27(25-26(2,3)4,22-16-9-7-10-17-22)23-18-11-8-12-19-23/h7-13,15-19,25H,5-6,14,20H2,1-4H3. The van der Waals surface area contributed by atoms with E-state index in [4.69, 9.17) is 0 Å². The smallest absolute Gasteiger partial charge is 0.212 e. The lowest BCUT2D eigenvalue weighted by Crippen LogP contribution is -2.75. The molecule has 27 heavy (non-hydrogen) atoms. The summed E-state index contributed by atoms with van der Waals surface area (Å²) in [5.41, 5.74) is 1.59. The molecule has 1 nitrogen and oxygen atoms in total. The maximum Gasteiger partial charge on any atom is 0.212 e. The van der Waals surface area contributed by atoms with Gasteiger partial charge < -0.3 is 4.65 Å². The first-order chi connectivity index (χ1) is 13.0. The summed E-state index contributed by atoms with van der Waals surface area (Å²) < 4.78 is 4.33. The Bertz CT molecular complexity index is 762. The number of hydrogen-bond acceptors (Lipinski definition) is 1. The monoisotopic (exact) mass is 391 g/mol. The van der Waals surface area contributed by atoms with Crippen molar-refractivity contribution < 1.29 is 0 Å². The van der Waals surface area contributed by atoms with Gasteiger partial charge in [0.1, 0.15) is 8.24 Å². The fraction of sp³-hybridized carbons (Fsp3) is 0.333. The van der Waals surface area contributed by atoms with Crippen LogP contribution in [0, 0.1) is 0 Å². The normalized spacial score (nSPS) is 14.8. The van der Waals surface area contributed by atoms with E-state index in [1.54, 1.807) is 10.8 Å². The Hall–Kier alpha value is -1.69. The molecule has 0 aromatic heterocycles. The van der Waals surface area contributed by atoms with Gasteiger partial charge in [-0.1, -0.05) is 117 Å². The number of allylic oxidation sites excluding steroid dienone is 4. The molecule has 0 radical (unpaired) electrons. The molecule has 0 amide bonds. The number of nitrogens with one attached hydrogen (secondary N) is 1. The summed E-state index contributed by atoms with van der Waals surface area (Å²) in [4.78, 5) is 0. The third-order valence-corrected chi connectivity index (χ3v) is 13.6. The zero-order chi connectivity index (χ0) is 19.3. The lowest BCUT2D eigenvalue weighted by molar-refractivity contribution is 0.796. The van der Waals surface area contributed by atoms with Crippen molar-refractivity contribution in [3.8, 4) is 0 Å². The molecule has 1 aliphatic rings. The van der Waals surface area contributed by atoms with Crippen LogP contribution in [0.3, 0.4) is 0 Å². The Morgan fingerprint density at radius 2 is 1.41 bits per heavy atom. The second kappa shape index (κ2) is 8.55. The predicted octanol–water partition coefficient (Wildman–Crippen LogP) is 5.16. The van der Waals surface area contributed by atoms with Gasteiger partial charge in [0.05, 0.1) is 0 Å². The minimum atomic E-state index is -2.23. The number of benzene rings is 2. The van der Waals surface area contributed by atoms with Crippen LogP contribution in [0.5, 0.6) is 0 Å². The average molecular weight is 392 g/mol. The zero-order valence-corrected chi connectivity index (χ0v) is 19.3. The molecule has 0 unspecified atom stereocenters. The maximum absolute atomic E-state index is 4.33. The molecule has 2 aromatic carbocycles. The Morgan fingerprint density at radius 1 is 0.852 bits per heavy atom. The molecule has 0 aliphatic heterocycles. The minimum absolute atomic E-state index is 1.09. The quantitative estimate of drug-likeness (QED) is 0.613. The van der Waals surface area contributed by atoms with Gasteiger partial charge in [-0.05, 0) is 29.6 Å². The van der Waals surface area contributed by atoms with Gasteiger partial charge >= 0.3 is 0 Å². The summed E-state index contributed by atoms with van der Waals surface area (Å²) in [5.74, 6) is 0. The third-order valence-electron chi connectivity index (χ3n) is 5.26. The van der Waals surface area contributed by atoms with Crippen molar-refractivity contribution in [2.45, 2.75) is 52.2 Å². The van der Waals surface area contributed by atoms with Gasteiger partial charge in [-0.3, -0.25) is 0 Å². The molecule has 0 heterocycles. The van der Waals surface area contributed by atoms with Crippen LogP contribution in [-0.4, -0.2) is 16.5 Å². The Labute approximate surface area is 167 Å². The van der Waals surface area contributed by atoms with E-state index in [-0.39, 0.29) is 0 Å². The van der Waals surface area contributed by atoms with Crippen molar-refractivity contribution >= 4 is 26.8 Å². The molecular weight excluding hydrogens is 358 g/mol. The molecule has 0 spiro atoms. The molecule has 2 aromatic rings. The lowest BCUT2D eigenvalue weighted by Gasteiger charge is -2.41. The van der Waals surface area contributed by atoms with Crippen LogP contribution in [0.4, 0.5) is 0 Å². The van der Waals surface area contributed by atoms with Crippen LogP contribution in [0.15, 0.2) is 83.6 Å². The highest BCUT2D eigenvalue weighted by Gasteiger charge is 2.45. The van der Waals surface area contributed by atoms with E-state index in [0.717, 1.165) is 6.42 Å². The molecule has 0 saturated carbocycles. The van der Waals surface area contributed by atoms with Crippen LogP contribution in [-0.2, 0) is 0 Å². The summed E-state index contributed by atoms with van der Waals surface area (Å²) in [6.45, 7) is 9.61. The highest BCUT2D eigenvalue weighted by molar-refractivity contribution is 7.11. The highest BCUT2D eigenvalue weighted by atomic mass is 28.4. The molecule has 0 fully saturated rings. The second-order valence-corrected chi connectivity index (χ2v) is 17.3. The van der Waals surface area contributed by atoms with Gasteiger partial charge in [-0.2, -0.15) is 0 Å². The van der Waals surface area contributed by atoms with E-state index in [1.807, 2.05) is 0 Å². The Morgan fingerprint density at radius 3 is 1.89 bits per heavy atom. The van der Waals surface area contributed by atoms with Gasteiger partial charge in [-0.25, -0.2) is 0 Å². The van der Waals surface area contributed by atoms with Crippen LogP contribution in [0.25, 0.3) is 0 Å². The van der Waals surface area contributed by atoms with E-state index < -0.39 is 16.5 Å². The molecular formula is C24H33NSi2. The van der Waals surface area contributed by atoms with Crippen LogP contribution >= 0.6 is 0 Å². The molecule has 1 aliphatic carbocycles. The van der Waals surface area contributed by atoms with E-state index in [0.29, 0.717) is 0 Å². The topological polar surface area (TPSA) is 12.0 Å². The van der Waals surface area contributed by atoms with Gasteiger partial charge in [-0.15, -0.1) is 0 Å². The van der Waals surface area contributed by atoms with Crippen LogP contribution in [0.1, 0.15) is 32.6 Å². The van der Waals surface area contributed by atoms with E-state index in [1.165, 1.54) is 29.6 Å². The van der Waals surface area contributed by atoms with Crippen molar-refractivity contribution in [1.82, 2.24) is 4.65 Å². The predicted molar refractivity (Wildman–Crippen MR) is 125 cm³/mol. The number of rotatable bonds is 8. The number of hydrogen-bond donors (Lipinski definition) is 1. The first-order valence-corrected chi connectivity index (χ1v) is 15.8. The van der Waals surface area contributed by atoms with Crippen LogP contribution < -0.4 is 15.0 Å². The first-order valence-electron chi connectivity index (χ1n) is 10.3. The van der Waals surface area contributed by atoms with Gasteiger partial charge in [0.2, 0.25) is 8.24 Å². The Kier molecular flexibility index (Phi) is 6.35. The molecule has 3 rings (SSSR count). The SMILES string of the molecule is CCCCC1=C([Si](N[Si](C)(C)C)(c2ccccc2)c2ccccc2)CC=C1. The summed E-state index contributed by atoms with van der Waals surface area (Å²) >= 11 is 0. The summed E-state index contributed by atoms with van der Waals surface area (Å²) in [7, 11) is -3.77. The highest BCUT2D eigenvalue weighted by Crippen LogP contribution is 2.31. The lowest BCUT2D eigenvalue weighted by atomic mass is 10.1. The molecule has 1 N–H and O–H groups in total. The van der Waals surface area contributed by atoms with Crippen molar-refractivity contribution in [2.75, 3.05) is 0 Å². The van der Waals surface area contributed by atoms with Crippen molar-refractivity contribution in [1.29, 1.82) is 0 Å². The summed E-state index contributed by atoms with van der Waals surface area (Å²) in [6.07, 6.45) is 9.60. The van der Waals surface area contributed by atoms with E-state index in [2.05, 4.69) is 104 Å². The maximum atomic E-state index is 4.33. The zero-order valence-electron chi connectivity index (χ0n) is 17.3. The van der Waals surface area contributed by atoms with E-state index in [9.17, 15) is 0 Å². The van der Waals surface area contributed by atoms with Gasteiger partial charge in [0.25, 0.3) is 0 Å². The van der Waals surface area contributed by atoms with Crippen molar-refractivity contribution in [3.05, 3.63) is 83.6 Å². The largest absolute Gasteiger partial charge is 0.349 e. The second-order valence-electron chi connectivity index (χ2n) is 8.57. The molecule has 0 atom stereocenters. The molecule has 142 valence electrons. The first kappa shape index (κ1) is 20.1. The van der Waals surface area contributed by atoms with E-state index >= 15 is 0 Å². The molecule has 3 heteroatoms. The van der Waals surface area contributed by atoms with Gasteiger partial charge in [0.15, 0.2) is 0 Å². The molecule has 0 saturated heterocycles. The fourth-order valence-corrected chi connectivity index (χ4v) is 14.0. The van der Waals surface area contributed by atoms with Crippen LogP contribution in [0.2, 0.25) is 19.6 Å². The van der Waals surface area contributed by atoms with Gasteiger partial charge in [0, 0.05) is 0 Å². The average Bonchev–Trinajstić information content (AvgIpc) is 3.14. The summed E-state index contributed by atoms with van der Waals surface area (Å²) in [5, 5.41) is 4.66. The Balaban J connectivity index is 2.27. The summed E-state index contributed by atoms with van der Waals surface area (Å²) in [6, 6.07) is 22.5. The fourth-order valence-electron chi connectivity index (χ4n) is 4.22.